The van der Waals surface area contributed by atoms with Crippen molar-refractivity contribution in [2.75, 3.05) is 78.0 Å². The number of carbonyl (C=O) groups is 4. The fraction of sp³-hybridized carbons (Fsp3) is 0.515. The van der Waals surface area contributed by atoms with Crippen LogP contribution in [0.1, 0.15) is 109 Å². The smallest absolute Gasteiger partial charge is 0.410 e. The third-order valence-corrected chi connectivity index (χ3v) is 18.0. The molecule has 0 spiro atoms. The maximum absolute atomic E-state index is 17.7. The van der Waals surface area contributed by atoms with Gasteiger partial charge >= 0.3 is 12.1 Å². The number of fused-ring (bicyclic) bond motifs is 4. The van der Waals surface area contributed by atoms with Crippen molar-refractivity contribution in [1.29, 1.82) is 0 Å². The molecule has 3 aromatic heterocycles. The summed E-state index contributed by atoms with van der Waals surface area (Å²) in [4.78, 5) is 82.3. The molecule has 480 valence electrons. The lowest BCUT2D eigenvalue weighted by Gasteiger charge is -2.42. The maximum Gasteiger partial charge on any atom is 0.410 e. The molecule has 90 heavy (non-hydrogen) atoms. The van der Waals surface area contributed by atoms with E-state index >= 15 is 8.78 Å². The number of aliphatic hydroxyl groups excluding tert-OH is 2. The van der Waals surface area contributed by atoms with Crippen LogP contribution in [0.25, 0.3) is 43.4 Å². The summed E-state index contributed by atoms with van der Waals surface area (Å²) < 4.78 is 62.3. The number of thiazole rings is 1. The van der Waals surface area contributed by atoms with Gasteiger partial charge in [0.15, 0.2) is 12.6 Å². The number of benzene rings is 3. The Labute approximate surface area is 526 Å². The average Bonchev–Trinajstić information content (AvgIpc) is 0.909. The Hall–Kier alpha value is -7.66. The highest BCUT2D eigenvalue weighted by Crippen LogP contribution is 2.41. The first-order valence-electron chi connectivity index (χ1n) is 30.7. The van der Waals surface area contributed by atoms with Crippen LogP contribution in [0, 0.1) is 36.3 Å². The number of pyridine rings is 1. The Morgan fingerprint density at radius 1 is 0.933 bits per heavy atom. The van der Waals surface area contributed by atoms with E-state index in [4.69, 9.17) is 40.1 Å². The molecular formula is C66H80F2N10O11S. The monoisotopic (exact) mass is 1260 g/mol. The molecule has 0 radical (unpaired) electrons. The molecule has 24 heteroatoms. The molecule has 4 aliphatic rings. The number of ether oxygens (including phenoxy) is 5. The van der Waals surface area contributed by atoms with Crippen LogP contribution in [-0.4, -0.2) is 184 Å². The number of methoxy groups -OCH3 is 1. The summed E-state index contributed by atoms with van der Waals surface area (Å²) in [6.07, 6.45) is 9.79. The highest BCUT2D eigenvalue weighted by molar-refractivity contribution is 7.13. The van der Waals surface area contributed by atoms with Gasteiger partial charge in [0.25, 0.3) is 0 Å². The molecule has 4 fully saturated rings. The van der Waals surface area contributed by atoms with E-state index in [0.29, 0.717) is 60.6 Å². The van der Waals surface area contributed by atoms with Gasteiger partial charge in [-0.3, -0.25) is 29.2 Å². The molecule has 0 saturated carbocycles. The SMILES string of the molecule is C#Cc1c(F)ccc2cc(OCOC)cc(-c3ncc4c(N5CC6CCC(C5)N6C(=O)OC(C)(C)C)nc(OC[C@@H]5CCCN5CCCOCCC(=O)N[C@H](C(=O)N5C[C@H](O)C[C@H]5C(=O)N[C@@H](CO)c5ccc(-c6scnc6C)cc5)C(C)(C)C)nc4c3F)c12. The number of nitrogens with zero attached hydrogens (tertiary/aromatic N) is 8. The van der Waals surface area contributed by atoms with Crippen LogP contribution in [-0.2, 0) is 28.6 Å². The summed E-state index contributed by atoms with van der Waals surface area (Å²) in [5.41, 5.74) is 2.72. The molecular weight excluding hydrogens is 1180 g/mol. The molecule has 21 nitrogen and oxygen atoms in total. The Balaban J connectivity index is 0.775. The van der Waals surface area contributed by atoms with E-state index in [1.54, 1.807) is 17.6 Å². The topological polar surface area (TPSA) is 243 Å². The van der Waals surface area contributed by atoms with Crippen molar-refractivity contribution in [3.63, 3.8) is 0 Å². The number of carbonyl (C=O) groups excluding carboxylic acids is 4. The molecule has 10 rings (SSSR count). The lowest BCUT2D eigenvalue weighted by Crippen LogP contribution is -2.58. The lowest BCUT2D eigenvalue weighted by atomic mass is 9.85. The summed E-state index contributed by atoms with van der Waals surface area (Å²) in [6.45, 7) is 15.1. The van der Waals surface area contributed by atoms with Crippen molar-refractivity contribution < 1.29 is 61.9 Å². The van der Waals surface area contributed by atoms with Crippen LogP contribution in [0.5, 0.6) is 11.8 Å². The second kappa shape index (κ2) is 27.8. The highest BCUT2D eigenvalue weighted by Gasteiger charge is 2.47. The van der Waals surface area contributed by atoms with Gasteiger partial charge in [0.2, 0.25) is 17.7 Å². The fourth-order valence-electron chi connectivity index (χ4n) is 12.6. The van der Waals surface area contributed by atoms with Crippen molar-refractivity contribution in [1.82, 2.24) is 45.3 Å². The van der Waals surface area contributed by atoms with Crippen LogP contribution < -0.4 is 25.0 Å². The van der Waals surface area contributed by atoms with E-state index in [1.807, 2.05) is 82.5 Å². The largest absolute Gasteiger partial charge is 0.468 e. The number of β-amino-alcohol motifs (C(OH)–C–C–N with tert-alkyl or cyclic N) is 1. The minimum absolute atomic E-state index is 0.00828. The number of aryl methyl sites for hydroxylation is 1. The van der Waals surface area contributed by atoms with Crippen molar-refractivity contribution in [3.05, 3.63) is 88.7 Å². The number of halogens is 2. The van der Waals surface area contributed by atoms with E-state index in [1.165, 1.54) is 41.7 Å². The molecule has 7 atom stereocenters. The van der Waals surface area contributed by atoms with E-state index < -0.39 is 71.2 Å². The molecule has 2 unspecified atom stereocenters. The minimum atomic E-state index is -1.04. The Kier molecular flexibility index (Phi) is 20.2. The molecule has 4 amide bonds. The van der Waals surface area contributed by atoms with Gasteiger partial charge in [-0.25, -0.2) is 18.6 Å². The van der Waals surface area contributed by atoms with Gasteiger partial charge in [-0.05, 0) is 106 Å². The van der Waals surface area contributed by atoms with Gasteiger partial charge in [-0.1, -0.05) is 57.0 Å². The van der Waals surface area contributed by atoms with Crippen LogP contribution in [0.4, 0.5) is 19.4 Å². The van der Waals surface area contributed by atoms with Crippen molar-refractivity contribution >= 4 is 62.6 Å². The number of rotatable bonds is 22. The van der Waals surface area contributed by atoms with Gasteiger partial charge in [-0.2, -0.15) is 9.97 Å². The van der Waals surface area contributed by atoms with E-state index in [2.05, 4.69) is 31.4 Å². The van der Waals surface area contributed by atoms with Crippen LogP contribution in [0.15, 0.2) is 60.2 Å². The zero-order valence-corrected chi connectivity index (χ0v) is 53.0. The summed E-state index contributed by atoms with van der Waals surface area (Å²) >= 11 is 1.52. The number of amides is 4. The number of aliphatic hydroxyl groups is 2. The summed E-state index contributed by atoms with van der Waals surface area (Å²) in [5, 5.41) is 28.0. The molecule has 4 aliphatic heterocycles. The van der Waals surface area contributed by atoms with Crippen LogP contribution in [0.2, 0.25) is 0 Å². The molecule has 7 heterocycles. The van der Waals surface area contributed by atoms with Gasteiger partial charge in [-0.15, -0.1) is 17.8 Å². The van der Waals surface area contributed by atoms with E-state index in [0.717, 1.165) is 48.4 Å². The third kappa shape index (κ3) is 14.6. The first-order chi connectivity index (χ1) is 43.0. The minimum Gasteiger partial charge on any atom is -0.468 e. The predicted molar refractivity (Wildman–Crippen MR) is 336 cm³/mol. The zero-order chi connectivity index (χ0) is 64.2. The molecule has 2 bridgehead atoms. The zero-order valence-electron chi connectivity index (χ0n) is 52.2. The summed E-state index contributed by atoms with van der Waals surface area (Å²) in [6, 6.07) is 10.1. The number of hydrogen-bond donors (Lipinski definition) is 4. The lowest BCUT2D eigenvalue weighted by molar-refractivity contribution is -0.144. The number of piperazine rings is 1. The molecule has 4 N–H and O–H groups in total. The normalized spacial score (nSPS) is 20.1. The third-order valence-electron chi connectivity index (χ3n) is 17.0. The van der Waals surface area contributed by atoms with E-state index in [-0.39, 0.29) is 97.3 Å². The quantitative estimate of drug-likeness (QED) is 0.0285. The molecule has 6 aromatic rings. The Bertz CT molecular complexity index is 3630. The second-order valence-corrected chi connectivity index (χ2v) is 26.5. The summed E-state index contributed by atoms with van der Waals surface area (Å²) in [7, 11) is 1.47. The van der Waals surface area contributed by atoms with Crippen molar-refractivity contribution in [2.45, 2.75) is 141 Å². The average molecular weight is 1260 g/mol. The van der Waals surface area contributed by atoms with Crippen molar-refractivity contribution in [3.8, 4) is 45.8 Å². The molecule has 3 aromatic carbocycles. The summed E-state index contributed by atoms with van der Waals surface area (Å²) in [5.74, 6) is 0.213. The molecule has 4 saturated heterocycles. The van der Waals surface area contributed by atoms with Gasteiger partial charge < -0.3 is 54.3 Å². The number of anilines is 1. The van der Waals surface area contributed by atoms with Crippen molar-refractivity contribution in [2.24, 2.45) is 5.41 Å². The van der Waals surface area contributed by atoms with Gasteiger partial charge in [0, 0.05) is 75.9 Å². The number of likely N-dealkylation sites (tertiary alicyclic amines) is 2. The van der Waals surface area contributed by atoms with Gasteiger partial charge in [0.1, 0.15) is 52.9 Å². The second-order valence-electron chi connectivity index (χ2n) is 25.6. The molecule has 0 aliphatic carbocycles. The van der Waals surface area contributed by atoms with Crippen LogP contribution in [0.3, 0.4) is 0 Å². The number of nitrogens with one attached hydrogen (secondary N) is 2. The Morgan fingerprint density at radius 2 is 1.69 bits per heavy atom. The fourth-order valence-corrected chi connectivity index (χ4v) is 13.5. The standard InChI is InChI=1S/C66H80F2N10O11S/c1-10-47-50(67)21-18-41-27-46(88-37-85-9)29-48(54(41)47)56-55(68)57-49(30-69-56)60(76-31-42-19-20-43(32-76)78(42)64(84)89-66(6,7)8)74-63(73-57)87-35-44-13-11-23-75(44)24-12-25-86-26-22-53(81)72-59(65(3,4)5)62(83)77-33-45(80)28-52(77)61(82)71-51(34-79)39-14-16-40(17-15-39)58-38(2)70-36-90-58/h1,14-18,21,27,29-30,36,42-45,51-52,59,79-80H,11-13,19-20,22-26,28,31-35,37H2,2-9H3,(H,71,82)(H,72,81)/t42?,43?,44-,45+,51-,52-,59+/m0/s1. The number of hydrogen-bond acceptors (Lipinski definition) is 18. The van der Waals surface area contributed by atoms with Gasteiger partial charge in [0.05, 0.1) is 64.5 Å². The highest BCUT2D eigenvalue weighted by atomic mass is 32.1. The van der Waals surface area contributed by atoms with E-state index in [9.17, 15) is 29.4 Å². The Morgan fingerprint density at radius 3 is 2.37 bits per heavy atom. The first kappa shape index (κ1) is 65.3. The van der Waals surface area contributed by atoms with Crippen LogP contribution >= 0.6 is 11.3 Å². The predicted octanol–water partition coefficient (Wildman–Crippen LogP) is 8.09. The first-order valence-corrected chi connectivity index (χ1v) is 31.5. The number of terminal acetylenes is 1. The maximum atomic E-state index is 17.7. The number of aromatic nitrogens is 4.